The lowest BCUT2D eigenvalue weighted by Crippen LogP contribution is -2.20. The molecule has 0 aliphatic carbocycles. The average Bonchev–Trinajstić information content (AvgIpc) is 2.89. The van der Waals surface area contributed by atoms with Crippen LogP contribution in [-0.2, 0) is 11.8 Å². The summed E-state index contributed by atoms with van der Waals surface area (Å²) in [7, 11) is 2.87. The van der Waals surface area contributed by atoms with Crippen molar-refractivity contribution in [2.45, 2.75) is 0 Å². The summed E-state index contributed by atoms with van der Waals surface area (Å²) < 4.78 is 5.99. The summed E-state index contributed by atoms with van der Waals surface area (Å²) in [5.74, 6) is -0.967. The molecule has 6 nitrogen and oxygen atoms in total. The number of pyridine rings is 1. The Morgan fingerprint density at radius 1 is 1.35 bits per heavy atom. The third-order valence-electron chi connectivity index (χ3n) is 2.65. The first-order valence-corrected chi connectivity index (χ1v) is 6.54. The molecule has 0 saturated heterocycles. The average molecular weight is 292 g/mol. The van der Waals surface area contributed by atoms with Crippen LogP contribution in [0.25, 0.3) is 0 Å². The van der Waals surface area contributed by atoms with E-state index in [1.165, 1.54) is 41.3 Å². The van der Waals surface area contributed by atoms with Crippen molar-refractivity contribution in [1.29, 1.82) is 0 Å². The quantitative estimate of drug-likeness (QED) is 0.869. The van der Waals surface area contributed by atoms with E-state index in [1.807, 2.05) is 0 Å². The fraction of sp³-hybridized carbons (Fsp3) is 0.154. The lowest BCUT2D eigenvalue weighted by Gasteiger charge is -2.06. The summed E-state index contributed by atoms with van der Waals surface area (Å²) in [4.78, 5) is 35.3. The predicted octanol–water partition coefficient (Wildman–Crippen LogP) is 1.49. The molecule has 2 heterocycles. The van der Waals surface area contributed by atoms with Crippen molar-refractivity contribution in [3.8, 4) is 0 Å². The molecule has 20 heavy (non-hydrogen) atoms. The molecule has 2 rings (SSSR count). The number of carbonyl (C=O) groups is 2. The number of hydrogen-bond donors (Lipinski definition) is 1. The Morgan fingerprint density at radius 2 is 2.10 bits per heavy atom. The van der Waals surface area contributed by atoms with Crippen molar-refractivity contribution in [2.75, 3.05) is 12.4 Å². The number of nitrogens with zero attached hydrogens (tertiary/aromatic N) is 1. The summed E-state index contributed by atoms with van der Waals surface area (Å²) in [5, 5.41) is 4.26. The van der Waals surface area contributed by atoms with E-state index in [9.17, 15) is 14.4 Å². The van der Waals surface area contributed by atoms with E-state index in [0.29, 0.717) is 10.6 Å². The highest BCUT2D eigenvalue weighted by Gasteiger charge is 2.16. The molecule has 2 aromatic rings. The van der Waals surface area contributed by atoms with Gasteiger partial charge in [0.2, 0.25) is 0 Å². The van der Waals surface area contributed by atoms with E-state index in [1.54, 1.807) is 18.5 Å². The third kappa shape index (κ3) is 2.77. The number of carbonyl (C=O) groups excluding carboxylic acids is 2. The number of aryl methyl sites for hydroxylation is 1. The topological polar surface area (TPSA) is 77.4 Å². The highest BCUT2D eigenvalue weighted by atomic mass is 32.1. The minimum absolute atomic E-state index is 0.232. The SMILES string of the molecule is COC(=O)c1sccc1NC(=O)c1ccn(C)c(=O)c1. The Morgan fingerprint density at radius 3 is 2.75 bits per heavy atom. The maximum atomic E-state index is 12.0. The van der Waals surface area contributed by atoms with Crippen molar-refractivity contribution < 1.29 is 14.3 Å². The number of rotatable bonds is 3. The molecule has 0 radical (unpaired) electrons. The van der Waals surface area contributed by atoms with Gasteiger partial charge in [0.25, 0.3) is 11.5 Å². The number of thiophene rings is 1. The molecule has 7 heteroatoms. The molecule has 0 unspecified atom stereocenters. The molecule has 1 N–H and O–H groups in total. The van der Waals surface area contributed by atoms with E-state index >= 15 is 0 Å². The van der Waals surface area contributed by atoms with Crippen LogP contribution in [0.15, 0.2) is 34.6 Å². The maximum absolute atomic E-state index is 12.0. The Kier molecular flexibility index (Phi) is 3.99. The summed E-state index contributed by atoms with van der Waals surface area (Å²) in [6, 6.07) is 4.37. The minimum Gasteiger partial charge on any atom is -0.465 e. The molecule has 0 saturated carbocycles. The first kappa shape index (κ1) is 14.0. The normalized spacial score (nSPS) is 10.1. The Balaban J connectivity index is 2.24. The van der Waals surface area contributed by atoms with Crippen molar-refractivity contribution in [2.24, 2.45) is 7.05 Å². The zero-order valence-electron chi connectivity index (χ0n) is 10.9. The van der Waals surface area contributed by atoms with Crippen LogP contribution in [0.4, 0.5) is 5.69 Å². The van der Waals surface area contributed by atoms with E-state index in [-0.39, 0.29) is 11.1 Å². The van der Waals surface area contributed by atoms with E-state index in [4.69, 9.17) is 0 Å². The lowest BCUT2D eigenvalue weighted by atomic mass is 10.2. The van der Waals surface area contributed by atoms with Gasteiger partial charge in [-0.2, -0.15) is 0 Å². The van der Waals surface area contributed by atoms with Crippen molar-refractivity contribution in [3.63, 3.8) is 0 Å². The van der Waals surface area contributed by atoms with Crippen LogP contribution in [0.5, 0.6) is 0 Å². The number of nitrogens with one attached hydrogen (secondary N) is 1. The van der Waals surface area contributed by atoms with Crippen LogP contribution in [0.2, 0.25) is 0 Å². The van der Waals surface area contributed by atoms with Crippen molar-refractivity contribution >= 4 is 28.9 Å². The number of anilines is 1. The van der Waals surface area contributed by atoms with Crippen LogP contribution < -0.4 is 10.9 Å². The number of hydrogen-bond acceptors (Lipinski definition) is 5. The van der Waals surface area contributed by atoms with Crippen molar-refractivity contribution in [1.82, 2.24) is 4.57 Å². The molecule has 2 aromatic heterocycles. The zero-order chi connectivity index (χ0) is 14.7. The highest BCUT2D eigenvalue weighted by molar-refractivity contribution is 7.12. The summed E-state index contributed by atoms with van der Waals surface area (Å²) in [5.41, 5.74) is 0.318. The van der Waals surface area contributed by atoms with Gasteiger partial charge in [0.15, 0.2) is 0 Å². The second-order valence-electron chi connectivity index (χ2n) is 3.97. The molecule has 0 aliphatic heterocycles. The molecule has 104 valence electrons. The fourth-order valence-corrected chi connectivity index (χ4v) is 2.31. The molecule has 0 spiro atoms. The van der Waals surface area contributed by atoms with Gasteiger partial charge in [-0.3, -0.25) is 9.59 Å². The summed E-state index contributed by atoms with van der Waals surface area (Å²) in [6.07, 6.45) is 1.51. The van der Waals surface area contributed by atoms with Crippen LogP contribution in [0.3, 0.4) is 0 Å². The Bertz CT molecular complexity index is 717. The van der Waals surface area contributed by atoms with Gasteiger partial charge in [-0.15, -0.1) is 11.3 Å². The molecule has 0 atom stereocenters. The maximum Gasteiger partial charge on any atom is 0.350 e. The number of aromatic nitrogens is 1. The Labute approximate surface area is 118 Å². The monoisotopic (exact) mass is 292 g/mol. The second kappa shape index (κ2) is 5.70. The number of methoxy groups -OCH3 is 1. The van der Waals surface area contributed by atoms with Crippen molar-refractivity contribution in [3.05, 3.63) is 50.6 Å². The van der Waals surface area contributed by atoms with E-state index in [2.05, 4.69) is 10.1 Å². The van der Waals surface area contributed by atoms with Gasteiger partial charge < -0.3 is 14.6 Å². The molecule has 0 fully saturated rings. The third-order valence-corrected chi connectivity index (χ3v) is 3.55. The summed E-state index contributed by atoms with van der Waals surface area (Å²) in [6.45, 7) is 0. The van der Waals surface area contributed by atoms with Gasteiger partial charge in [0, 0.05) is 24.9 Å². The number of amides is 1. The van der Waals surface area contributed by atoms with Crippen LogP contribution in [0, 0.1) is 0 Å². The molecule has 1 amide bonds. The Hall–Kier alpha value is -2.41. The van der Waals surface area contributed by atoms with Gasteiger partial charge in [0.1, 0.15) is 4.88 Å². The molecule has 0 bridgehead atoms. The van der Waals surface area contributed by atoms with Crippen LogP contribution in [0.1, 0.15) is 20.0 Å². The number of ether oxygens (including phenoxy) is 1. The van der Waals surface area contributed by atoms with Crippen LogP contribution in [-0.4, -0.2) is 23.6 Å². The second-order valence-corrected chi connectivity index (χ2v) is 4.89. The van der Waals surface area contributed by atoms with Gasteiger partial charge in [0.05, 0.1) is 12.8 Å². The summed E-state index contributed by atoms with van der Waals surface area (Å²) >= 11 is 1.17. The van der Waals surface area contributed by atoms with Gasteiger partial charge in [-0.1, -0.05) is 0 Å². The standard InChI is InChI=1S/C13H12N2O4S/c1-15-5-3-8(7-10(15)16)12(17)14-9-4-6-20-11(9)13(18)19-2/h3-7H,1-2H3,(H,14,17). The predicted molar refractivity (Wildman–Crippen MR) is 75.3 cm³/mol. The van der Waals surface area contributed by atoms with Gasteiger partial charge in [-0.05, 0) is 17.5 Å². The van der Waals surface area contributed by atoms with Gasteiger partial charge in [-0.25, -0.2) is 4.79 Å². The molecule has 0 aliphatic rings. The fourth-order valence-electron chi connectivity index (χ4n) is 1.54. The smallest absolute Gasteiger partial charge is 0.350 e. The molecule has 0 aromatic carbocycles. The first-order valence-electron chi connectivity index (χ1n) is 5.66. The highest BCUT2D eigenvalue weighted by Crippen LogP contribution is 2.23. The first-order chi connectivity index (χ1) is 9.52. The van der Waals surface area contributed by atoms with Gasteiger partial charge >= 0.3 is 5.97 Å². The van der Waals surface area contributed by atoms with E-state index in [0.717, 1.165) is 0 Å². The largest absolute Gasteiger partial charge is 0.465 e. The van der Waals surface area contributed by atoms with E-state index < -0.39 is 11.9 Å². The number of esters is 1. The molecular formula is C13H12N2O4S. The molecular weight excluding hydrogens is 280 g/mol. The zero-order valence-corrected chi connectivity index (χ0v) is 11.7. The lowest BCUT2D eigenvalue weighted by molar-refractivity contribution is 0.0607. The van der Waals surface area contributed by atoms with Crippen LogP contribution >= 0.6 is 11.3 Å². The minimum atomic E-state index is -0.515.